The van der Waals surface area contributed by atoms with Gasteiger partial charge >= 0.3 is 0 Å². The van der Waals surface area contributed by atoms with Crippen LogP contribution in [0.5, 0.6) is 0 Å². The Labute approximate surface area is 130 Å². The third-order valence-corrected chi connectivity index (χ3v) is 6.44. The number of nitrogens with zero attached hydrogens (tertiary/aromatic N) is 1. The van der Waals surface area contributed by atoms with Crippen molar-refractivity contribution >= 4 is 20.0 Å². The van der Waals surface area contributed by atoms with Crippen molar-refractivity contribution in [1.82, 2.24) is 9.03 Å². The monoisotopic (exact) mass is 350 g/mol. The summed E-state index contributed by atoms with van der Waals surface area (Å²) in [5.74, 6) is -0.536. The Morgan fingerprint density at radius 1 is 1.23 bits per heavy atom. The lowest BCUT2D eigenvalue weighted by molar-refractivity contribution is 0.275. The van der Waals surface area contributed by atoms with Crippen LogP contribution in [-0.4, -0.2) is 47.0 Å². The van der Waals surface area contributed by atoms with Gasteiger partial charge in [-0.15, -0.1) is 0 Å². The second-order valence-electron chi connectivity index (χ2n) is 5.41. The van der Waals surface area contributed by atoms with Gasteiger partial charge in [0.1, 0.15) is 5.82 Å². The first-order chi connectivity index (χ1) is 10.2. The maximum Gasteiger partial charge on any atom is 0.240 e. The van der Waals surface area contributed by atoms with Crippen molar-refractivity contribution in [2.75, 3.05) is 25.9 Å². The second-order valence-corrected chi connectivity index (χ2v) is 9.16. The predicted octanol–water partition coefficient (Wildman–Crippen LogP) is 0.776. The lowest BCUT2D eigenvalue weighted by Gasteiger charge is -2.30. The number of hydrogen-bond acceptors (Lipinski definition) is 4. The molecule has 124 valence electrons. The van der Waals surface area contributed by atoms with Crippen LogP contribution in [0.15, 0.2) is 29.2 Å². The molecule has 0 unspecified atom stereocenters. The van der Waals surface area contributed by atoms with Gasteiger partial charge in [-0.25, -0.2) is 30.3 Å². The molecule has 0 spiro atoms. The Balaban J connectivity index is 1.91. The summed E-state index contributed by atoms with van der Waals surface area (Å²) >= 11 is 0. The molecule has 0 atom stereocenters. The topological polar surface area (TPSA) is 83.6 Å². The maximum atomic E-state index is 13.1. The van der Waals surface area contributed by atoms with E-state index in [2.05, 4.69) is 4.72 Å². The molecule has 0 bridgehead atoms. The summed E-state index contributed by atoms with van der Waals surface area (Å²) in [6.07, 6.45) is 2.36. The van der Waals surface area contributed by atoms with E-state index in [0.717, 1.165) is 6.07 Å². The number of sulfonamides is 2. The van der Waals surface area contributed by atoms with Gasteiger partial charge in [0.15, 0.2) is 0 Å². The fraction of sp³-hybridized carbons (Fsp3) is 0.538. The van der Waals surface area contributed by atoms with Crippen molar-refractivity contribution in [3.63, 3.8) is 0 Å². The van der Waals surface area contributed by atoms with Gasteiger partial charge in [-0.3, -0.25) is 0 Å². The number of piperidine rings is 1. The lowest BCUT2D eigenvalue weighted by atomic mass is 9.99. The summed E-state index contributed by atoms with van der Waals surface area (Å²) in [6, 6.07) is 4.82. The van der Waals surface area contributed by atoms with Gasteiger partial charge in [0.2, 0.25) is 20.0 Å². The van der Waals surface area contributed by atoms with E-state index < -0.39 is 25.9 Å². The summed E-state index contributed by atoms with van der Waals surface area (Å²) in [5, 5.41) is 0. The molecule has 22 heavy (non-hydrogen) atoms. The molecule has 1 aliphatic heterocycles. The van der Waals surface area contributed by atoms with Crippen molar-refractivity contribution in [3.05, 3.63) is 30.1 Å². The minimum atomic E-state index is -3.75. The SMILES string of the molecule is CS(=O)(=O)N1CCC(CNS(=O)(=O)c2cccc(F)c2)CC1. The maximum absolute atomic E-state index is 13.1. The van der Waals surface area contributed by atoms with Gasteiger partial charge < -0.3 is 0 Å². The van der Waals surface area contributed by atoms with Crippen LogP contribution in [0.1, 0.15) is 12.8 Å². The zero-order chi connectivity index (χ0) is 16.4. The smallest absolute Gasteiger partial charge is 0.213 e. The highest BCUT2D eigenvalue weighted by molar-refractivity contribution is 7.89. The van der Waals surface area contributed by atoms with E-state index in [0.29, 0.717) is 25.9 Å². The molecule has 1 fully saturated rings. The van der Waals surface area contributed by atoms with E-state index in [9.17, 15) is 21.2 Å². The Kier molecular flexibility index (Phi) is 5.21. The molecule has 1 heterocycles. The first kappa shape index (κ1) is 17.3. The van der Waals surface area contributed by atoms with E-state index >= 15 is 0 Å². The van der Waals surface area contributed by atoms with Gasteiger partial charge in [-0.2, -0.15) is 0 Å². The van der Waals surface area contributed by atoms with Gasteiger partial charge in [-0.05, 0) is 37.0 Å². The third-order valence-electron chi connectivity index (χ3n) is 3.71. The molecule has 9 heteroatoms. The fourth-order valence-corrected chi connectivity index (χ4v) is 4.41. The molecule has 0 saturated carbocycles. The van der Waals surface area contributed by atoms with Crippen molar-refractivity contribution in [3.8, 4) is 0 Å². The van der Waals surface area contributed by atoms with Crippen molar-refractivity contribution in [2.45, 2.75) is 17.7 Å². The molecule has 1 N–H and O–H groups in total. The molecular weight excluding hydrogens is 331 g/mol. The average Bonchev–Trinajstić information content (AvgIpc) is 2.45. The summed E-state index contributed by atoms with van der Waals surface area (Å²) in [5.41, 5.74) is 0. The molecule has 0 aromatic heterocycles. The lowest BCUT2D eigenvalue weighted by Crippen LogP contribution is -2.41. The van der Waals surface area contributed by atoms with Gasteiger partial charge in [0, 0.05) is 19.6 Å². The van der Waals surface area contributed by atoms with Gasteiger partial charge in [-0.1, -0.05) is 6.07 Å². The molecule has 1 aromatic rings. The number of halogens is 1. The molecular formula is C13H19FN2O4S2. The predicted molar refractivity (Wildman–Crippen MR) is 80.7 cm³/mol. The summed E-state index contributed by atoms with van der Waals surface area (Å²) in [4.78, 5) is -0.110. The molecule has 1 saturated heterocycles. The highest BCUT2D eigenvalue weighted by Gasteiger charge is 2.26. The molecule has 0 radical (unpaired) electrons. The number of benzene rings is 1. The minimum absolute atomic E-state index is 0.0707. The number of rotatable bonds is 5. The Morgan fingerprint density at radius 3 is 2.41 bits per heavy atom. The van der Waals surface area contributed by atoms with E-state index in [-0.39, 0.29) is 17.4 Å². The van der Waals surface area contributed by atoms with Gasteiger partial charge in [0.05, 0.1) is 11.2 Å². The first-order valence-corrected chi connectivity index (χ1v) is 10.2. The van der Waals surface area contributed by atoms with Crippen LogP contribution in [0.2, 0.25) is 0 Å². The molecule has 2 rings (SSSR count). The summed E-state index contributed by atoms with van der Waals surface area (Å²) in [6.45, 7) is 1.01. The van der Waals surface area contributed by atoms with E-state index in [1.165, 1.54) is 28.8 Å². The molecule has 0 amide bonds. The standard InChI is InChI=1S/C13H19FN2O4S2/c1-21(17,18)16-7-5-11(6-8-16)10-15-22(19,20)13-4-2-3-12(14)9-13/h2-4,9,11,15H,5-8,10H2,1H3. The van der Waals surface area contributed by atoms with Crippen molar-refractivity contribution < 1.29 is 21.2 Å². The first-order valence-electron chi connectivity index (χ1n) is 6.89. The number of hydrogen-bond donors (Lipinski definition) is 1. The van der Waals surface area contributed by atoms with Gasteiger partial charge in [0.25, 0.3) is 0 Å². The molecule has 0 aliphatic carbocycles. The van der Waals surface area contributed by atoms with Crippen LogP contribution in [-0.2, 0) is 20.0 Å². The van der Waals surface area contributed by atoms with Crippen LogP contribution in [0.4, 0.5) is 4.39 Å². The Hall–Kier alpha value is -1.03. The number of nitrogens with one attached hydrogen (secondary N) is 1. The third kappa shape index (κ3) is 4.48. The highest BCUT2D eigenvalue weighted by atomic mass is 32.2. The van der Waals surface area contributed by atoms with Crippen LogP contribution in [0.25, 0.3) is 0 Å². The van der Waals surface area contributed by atoms with E-state index in [4.69, 9.17) is 0 Å². The normalized spacial score (nSPS) is 18.5. The Morgan fingerprint density at radius 2 is 1.86 bits per heavy atom. The summed E-state index contributed by atoms with van der Waals surface area (Å²) in [7, 11) is -6.93. The van der Waals surface area contributed by atoms with E-state index in [1.807, 2.05) is 0 Å². The second kappa shape index (κ2) is 6.61. The van der Waals surface area contributed by atoms with Crippen LogP contribution in [0, 0.1) is 11.7 Å². The zero-order valence-corrected chi connectivity index (χ0v) is 13.8. The highest BCUT2D eigenvalue weighted by Crippen LogP contribution is 2.19. The average molecular weight is 350 g/mol. The molecule has 1 aliphatic rings. The minimum Gasteiger partial charge on any atom is -0.213 e. The Bertz CT molecular complexity index is 726. The fourth-order valence-electron chi connectivity index (χ4n) is 2.39. The zero-order valence-electron chi connectivity index (χ0n) is 12.2. The molecule has 1 aromatic carbocycles. The largest absolute Gasteiger partial charge is 0.240 e. The van der Waals surface area contributed by atoms with E-state index in [1.54, 1.807) is 0 Å². The van der Waals surface area contributed by atoms with Crippen LogP contribution < -0.4 is 4.72 Å². The van der Waals surface area contributed by atoms with Crippen LogP contribution in [0.3, 0.4) is 0 Å². The quantitative estimate of drug-likeness (QED) is 0.850. The summed E-state index contributed by atoms with van der Waals surface area (Å²) < 4.78 is 63.9. The molecule has 6 nitrogen and oxygen atoms in total. The van der Waals surface area contributed by atoms with Crippen LogP contribution >= 0.6 is 0 Å². The van der Waals surface area contributed by atoms with Crippen molar-refractivity contribution in [1.29, 1.82) is 0 Å². The van der Waals surface area contributed by atoms with Crippen molar-refractivity contribution in [2.24, 2.45) is 5.92 Å².